The molecule has 0 radical (unpaired) electrons. The lowest BCUT2D eigenvalue weighted by Gasteiger charge is -2.32. The number of rotatable bonds is 13. The van der Waals surface area contributed by atoms with E-state index in [1.165, 1.54) is 7.05 Å². The van der Waals surface area contributed by atoms with E-state index in [2.05, 4.69) is 16.0 Å². The Balaban J connectivity index is 5.88. The van der Waals surface area contributed by atoms with Crippen molar-refractivity contribution >= 4 is 31.2 Å². The number of imide groups is 1. The molecule has 4 atom stereocenters. The summed E-state index contributed by atoms with van der Waals surface area (Å²) < 4.78 is 11.8. The lowest BCUT2D eigenvalue weighted by molar-refractivity contribution is -0.148. The Morgan fingerprint density at radius 1 is 0.970 bits per heavy atom. The van der Waals surface area contributed by atoms with Crippen molar-refractivity contribution in [3.05, 3.63) is 0 Å². The number of nitrogens with zero attached hydrogens (tertiary/aromatic N) is 1. The van der Waals surface area contributed by atoms with Crippen LogP contribution in [0.5, 0.6) is 0 Å². The van der Waals surface area contributed by atoms with E-state index >= 15 is 0 Å². The Labute approximate surface area is 195 Å². The summed E-state index contributed by atoms with van der Waals surface area (Å²) in [6.45, 7) is 9.44. The van der Waals surface area contributed by atoms with Crippen LogP contribution in [0.3, 0.4) is 0 Å². The predicted octanol–water partition coefficient (Wildman–Crippen LogP) is -0.506. The van der Waals surface area contributed by atoms with Crippen molar-refractivity contribution in [3.8, 4) is 0 Å². The molecule has 0 fully saturated rings. The maximum absolute atomic E-state index is 13.2. The van der Waals surface area contributed by atoms with Crippen molar-refractivity contribution in [2.45, 2.75) is 78.3 Å². The zero-order valence-corrected chi connectivity index (χ0v) is 21.4. The Morgan fingerprint density at radius 2 is 1.52 bits per heavy atom. The van der Waals surface area contributed by atoms with E-state index in [4.69, 9.17) is 5.73 Å². The van der Waals surface area contributed by atoms with Gasteiger partial charge in [-0.2, -0.15) is 0 Å². The third-order valence-corrected chi connectivity index (χ3v) is 6.36. The minimum Gasteiger partial charge on any atom is -0.343 e. The van der Waals surface area contributed by atoms with Crippen LogP contribution in [-0.4, -0.2) is 75.8 Å². The van der Waals surface area contributed by atoms with Crippen molar-refractivity contribution in [1.29, 1.82) is 0 Å². The van der Waals surface area contributed by atoms with Gasteiger partial charge in [0, 0.05) is 0 Å². The van der Waals surface area contributed by atoms with Crippen LogP contribution in [-0.2, 0) is 23.7 Å². The SMILES string of the molecule is CCC[C@H](NC(=O)[C@@H](NC(=O)[C@@H](N)C(C)C)C(C)C)C(=O)N(C(=O)CNC)[C@@H](C)P(=O)(O)O. The van der Waals surface area contributed by atoms with Crippen molar-refractivity contribution in [2.24, 2.45) is 17.6 Å². The minimum atomic E-state index is -4.84. The smallest absolute Gasteiger partial charge is 0.343 e. The molecule has 0 aliphatic rings. The van der Waals surface area contributed by atoms with Gasteiger partial charge in [-0.1, -0.05) is 41.0 Å². The molecule has 13 heteroatoms. The monoisotopic (exact) mass is 493 g/mol. The molecule has 33 heavy (non-hydrogen) atoms. The van der Waals surface area contributed by atoms with E-state index in [0.29, 0.717) is 11.3 Å². The number of hydrogen-bond acceptors (Lipinski definition) is 7. The number of amides is 4. The predicted molar refractivity (Wildman–Crippen MR) is 124 cm³/mol. The molecule has 0 saturated heterocycles. The molecule has 0 aromatic heterocycles. The highest BCUT2D eigenvalue weighted by Gasteiger charge is 2.41. The Bertz CT molecular complexity index is 740. The van der Waals surface area contributed by atoms with Crippen molar-refractivity contribution < 1.29 is 33.5 Å². The van der Waals surface area contributed by atoms with Crippen LogP contribution in [0.25, 0.3) is 0 Å². The summed E-state index contributed by atoms with van der Waals surface area (Å²) >= 11 is 0. The van der Waals surface area contributed by atoms with Crippen molar-refractivity contribution in [1.82, 2.24) is 20.9 Å². The second-order valence-corrected chi connectivity index (χ2v) is 10.6. The summed E-state index contributed by atoms with van der Waals surface area (Å²) in [5.74, 6) is -5.17. The first-order valence-electron chi connectivity index (χ1n) is 11.0. The number of nitrogens with two attached hydrogens (primary N) is 1. The van der Waals surface area contributed by atoms with E-state index in [-0.39, 0.29) is 24.8 Å². The molecule has 7 N–H and O–H groups in total. The maximum Gasteiger partial charge on any atom is 0.348 e. The molecule has 0 spiro atoms. The van der Waals surface area contributed by atoms with E-state index < -0.39 is 55.1 Å². The fourth-order valence-corrected chi connectivity index (χ4v) is 3.51. The topological polar surface area (TPSA) is 191 Å². The zero-order valence-electron chi connectivity index (χ0n) is 20.5. The summed E-state index contributed by atoms with van der Waals surface area (Å²) in [5.41, 5.74) is 5.86. The summed E-state index contributed by atoms with van der Waals surface area (Å²) in [4.78, 5) is 70.7. The van der Waals surface area contributed by atoms with Crippen LogP contribution < -0.4 is 21.7 Å². The molecule has 0 aliphatic carbocycles. The fourth-order valence-electron chi connectivity index (χ4n) is 2.96. The number of likely N-dealkylation sites (N-methyl/N-ethyl adjacent to an activating group) is 1. The van der Waals surface area contributed by atoms with Gasteiger partial charge in [-0.3, -0.25) is 28.6 Å². The second kappa shape index (κ2) is 13.8. The largest absolute Gasteiger partial charge is 0.348 e. The standard InChI is InChI=1S/C20H40N5O7P/c1-8-9-14(20(29)25(15(26)10-22-7)13(6)33(30,31)32)23-19(28)17(12(4)5)24-18(27)16(21)11(2)3/h11-14,16-17,22H,8-10,21H2,1-7H3,(H,23,28)(H,24,27)(H2,30,31,32)/t13-,14+,16+,17+/m1/s1. The lowest BCUT2D eigenvalue weighted by atomic mass is 9.99. The summed E-state index contributed by atoms with van der Waals surface area (Å²) in [5, 5.41) is 7.70. The van der Waals surface area contributed by atoms with Gasteiger partial charge in [-0.05, 0) is 32.2 Å². The number of nitrogens with one attached hydrogen (secondary N) is 3. The van der Waals surface area contributed by atoms with Crippen LogP contribution in [0, 0.1) is 11.8 Å². The van der Waals surface area contributed by atoms with Gasteiger partial charge in [0.2, 0.25) is 17.7 Å². The normalized spacial score (nSPS) is 15.5. The van der Waals surface area contributed by atoms with Crippen LogP contribution in [0.1, 0.15) is 54.4 Å². The molecule has 0 heterocycles. The van der Waals surface area contributed by atoms with Crippen LogP contribution in [0.4, 0.5) is 0 Å². The van der Waals surface area contributed by atoms with Crippen LogP contribution in [0.15, 0.2) is 0 Å². The van der Waals surface area contributed by atoms with E-state index in [1.54, 1.807) is 34.6 Å². The van der Waals surface area contributed by atoms with Gasteiger partial charge in [0.15, 0.2) is 0 Å². The zero-order chi connectivity index (χ0) is 26.1. The first-order valence-corrected chi connectivity index (χ1v) is 12.7. The molecular weight excluding hydrogens is 453 g/mol. The fraction of sp³-hybridized carbons (Fsp3) is 0.800. The molecule has 4 amide bonds. The lowest BCUT2D eigenvalue weighted by Crippen LogP contribution is -2.59. The Hall–Kier alpha value is -1.85. The molecule has 0 unspecified atom stereocenters. The summed E-state index contributed by atoms with van der Waals surface area (Å²) in [6.07, 6.45) is 0.554. The minimum absolute atomic E-state index is 0.117. The van der Waals surface area contributed by atoms with E-state index in [1.807, 2.05) is 0 Å². The number of carbonyl (C=O) groups excluding carboxylic acids is 4. The first-order chi connectivity index (χ1) is 15.1. The molecule has 12 nitrogen and oxygen atoms in total. The number of hydrogen-bond donors (Lipinski definition) is 6. The van der Waals surface area contributed by atoms with E-state index in [9.17, 15) is 33.5 Å². The highest BCUT2D eigenvalue weighted by atomic mass is 31.2. The molecule has 0 saturated carbocycles. The third-order valence-electron chi connectivity index (χ3n) is 5.15. The van der Waals surface area contributed by atoms with E-state index in [0.717, 1.165) is 6.92 Å². The van der Waals surface area contributed by atoms with Crippen LogP contribution in [0.2, 0.25) is 0 Å². The van der Waals surface area contributed by atoms with Gasteiger partial charge < -0.3 is 31.5 Å². The summed E-state index contributed by atoms with van der Waals surface area (Å²) in [6, 6.07) is -3.06. The second-order valence-electron chi connectivity index (χ2n) is 8.70. The average Bonchev–Trinajstić information content (AvgIpc) is 2.69. The molecular formula is C20H40N5O7P. The van der Waals surface area contributed by atoms with Gasteiger partial charge >= 0.3 is 7.60 Å². The molecule has 0 aromatic rings. The average molecular weight is 494 g/mol. The maximum atomic E-state index is 13.2. The Kier molecular flexibility index (Phi) is 13.0. The summed E-state index contributed by atoms with van der Waals surface area (Å²) in [7, 11) is -3.39. The Morgan fingerprint density at radius 3 is 1.91 bits per heavy atom. The quantitative estimate of drug-likeness (QED) is 0.183. The molecule has 0 aromatic carbocycles. The third kappa shape index (κ3) is 9.50. The van der Waals surface area contributed by atoms with Gasteiger partial charge in [0.1, 0.15) is 17.9 Å². The molecule has 0 rings (SSSR count). The van der Waals surface area contributed by atoms with Gasteiger partial charge in [-0.15, -0.1) is 0 Å². The molecule has 0 aliphatic heterocycles. The van der Waals surface area contributed by atoms with Gasteiger partial charge in [0.05, 0.1) is 12.6 Å². The highest BCUT2D eigenvalue weighted by Crippen LogP contribution is 2.43. The molecule has 0 bridgehead atoms. The van der Waals surface area contributed by atoms with Gasteiger partial charge in [-0.25, -0.2) is 0 Å². The molecule has 192 valence electrons. The highest BCUT2D eigenvalue weighted by molar-refractivity contribution is 7.52. The van der Waals surface area contributed by atoms with Crippen LogP contribution >= 0.6 is 7.60 Å². The number of carbonyl (C=O) groups is 4. The van der Waals surface area contributed by atoms with Gasteiger partial charge in [0.25, 0.3) is 5.91 Å². The van der Waals surface area contributed by atoms with Crippen molar-refractivity contribution in [3.63, 3.8) is 0 Å². The van der Waals surface area contributed by atoms with Crippen molar-refractivity contribution in [2.75, 3.05) is 13.6 Å². The first kappa shape index (κ1) is 31.1.